The Balaban J connectivity index is 0.000000139. The lowest BCUT2D eigenvalue weighted by Crippen LogP contribution is -2.20. The molecule has 11 aromatic rings. The molecule has 622 valence electrons. The maximum Gasteiger partial charge on any atom is 0.260 e. The van der Waals surface area contributed by atoms with Crippen LogP contribution in [-0.2, 0) is 93.8 Å². The summed E-state index contributed by atoms with van der Waals surface area (Å²) in [4.78, 5) is 75.8. The summed E-state index contributed by atoms with van der Waals surface area (Å²) >= 11 is 6.39. The van der Waals surface area contributed by atoms with Gasteiger partial charge in [-0.1, -0.05) is 29.8 Å². The zero-order chi connectivity index (χ0) is 84.6. The Morgan fingerprint density at radius 2 is 0.881 bits per heavy atom. The number of aryl methyl sites for hydroxylation is 5. The molecular weight excluding hydrogens is 1620 g/mol. The van der Waals surface area contributed by atoms with Gasteiger partial charge in [-0.3, -0.25) is 33.5 Å². The second-order valence-electron chi connectivity index (χ2n) is 30.5. The number of amides is 1. The van der Waals surface area contributed by atoms with Gasteiger partial charge >= 0.3 is 0 Å². The van der Waals surface area contributed by atoms with Gasteiger partial charge in [-0.2, -0.15) is 0 Å². The molecule has 0 radical (unpaired) electrons. The maximum atomic E-state index is 13.6. The fraction of sp³-hybridized carbons (Fsp3) is 0.392. The molecule has 3 aliphatic heterocycles. The SMILES string of the molecule is CC1=Nc2c(Nc3ccc(-c4cn(C)cn4)cc3S(C)(=O)=O)cc(CC(=O)C3CC3(F)F)nc2C1.Cc1nc2c(Nc3ccc(-c4cn(C)cn4)cc3S(C)(=O)=O)cc(CC(=O)C3CC3(F)F)nc2n1C1CCCCO1.Cc1nc2c(Nc3ccc(-c4cn(C)cn4)cc3S(C)(=O)=O)cc(Cl)nc2n1C1CCCCO1.NC(=O)C1CC1(F)F. The number of nitrogens with zero attached hydrogens (tertiary/aromatic N) is 14. The van der Waals surface area contributed by atoms with Gasteiger partial charge in [-0.25, -0.2) is 86.5 Å². The molecule has 3 aliphatic carbocycles. The molecule has 0 spiro atoms. The molecular formula is C79H83ClF6N18O11S3. The van der Waals surface area contributed by atoms with Crippen LogP contribution in [0.4, 0.5) is 66.2 Å². The van der Waals surface area contributed by atoms with Crippen molar-refractivity contribution in [1.82, 2.24) is 62.7 Å². The number of benzene rings is 3. The number of nitrogens with two attached hydrogens (primary N) is 1. The minimum absolute atomic E-state index is 0.0487. The molecule has 1 amide bonds. The summed E-state index contributed by atoms with van der Waals surface area (Å²) < 4.78 is 175. The van der Waals surface area contributed by atoms with Gasteiger partial charge in [0.05, 0.1) is 114 Å². The van der Waals surface area contributed by atoms with E-state index in [1.165, 1.54) is 6.26 Å². The summed E-state index contributed by atoms with van der Waals surface area (Å²) in [5.41, 5.74) is 15.7. The highest BCUT2D eigenvalue weighted by atomic mass is 35.5. The van der Waals surface area contributed by atoms with Gasteiger partial charge < -0.3 is 44.9 Å². The minimum atomic E-state index is -3.69. The highest BCUT2D eigenvalue weighted by Gasteiger charge is 2.62. The van der Waals surface area contributed by atoms with Crippen LogP contribution in [-0.4, -0.2) is 161 Å². The number of rotatable bonds is 21. The van der Waals surface area contributed by atoms with Gasteiger partial charge in [0.2, 0.25) is 5.91 Å². The Labute approximate surface area is 679 Å². The van der Waals surface area contributed by atoms with Crippen molar-refractivity contribution < 1.29 is 75.5 Å². The van der Waals surface area contributed by atoms with Gasteiger partial charge in [0, 0.05) is 139 Å². The molecule has 17 rings (SSSR count). The average molecular weight is 1710 g/mol. The van der Waals surface area contributed by atoms with E-state index in [9.17, 15) is 66.0 Å². The first kappa shape index (κ1) is 83.7. The van der Waals surface area contributed by atoms with Crippen molar-refractivity contribution in [3.8, 4) is 33.8 Å². The van der Waals surface area contributed by atoms with Crippen molar-refractivity contribution in [2.24, 2.45) is 49.6 Å². The second kappa shape index (κ2) is 32.1. The van der Waals surface area contributed by atoms with Crippen molar-refractivity contribution in [1.29, 1.82) is 0 Å². The van der Waals surface area contributed by atoms with Crippen molar-refractivity contribution >= 4 is 126 Å². The topological polar surface area (TPSA) is 374 Å². The van der Waals surface area contributed by atoms with E-state index < -0.39 is 95.3 Å². The van der Waals surface area contributed by atoms with Gasteiger partial charge in [0.1, 0.15) is 63.5 Å². The number of aliphatic imine (C=N–C) groups is 1. The van der Waals surface area contributed by atoms with E-state index in [1.807, 2.05) is 67.9 Å². The Kier molecular flexibility index (Phi) is 22.8. The number of Topliss-reactive ketones (excluding diaryl/α,β-unsaturated/α-hetero) is 2. The lowest BCUT2D eigenvalue weighted by atomic mass is 10.1. The number of sulfone groups is 3. The fourth-order valence-corrected chi connectivity index (χ4v) is 17.2. The van der Waals surface area contributed by atoms with Crippen LogP contribution in [0.5, 0.6) is 0 Å². The first-order valence-electron chi connectivity index (χ1n) is 37.6. The summed E-state index contributed by atoms with van der Waals surface area (Å²) in [7, 11) is -5.37. The van der Waals surface area contributed by atoms with E-state index in [0.29, 0.717) is 133 Å². The molecule has 29 nitrogen and oxygen atoms in total. The van der Waals surface area contributed by atoms with Crippen LogP contribution in [0.2, 0.25) is 5.15 Å². The molecule has 5 unspecified atom stereocenters. The zero-order valence-corrected chi connectivity index (χ0v) is 68.6. The Bertz CT molecular complexity index is 6230. The number of halogens is 7. The first-order valence-corrected chi connectivity index (χ1v) is 43.6. The minimum Gasteiger partial charge on any atom is -0.369 e. The van der Waals surface area contributed by atoms with E-state index in [2.05, 4.69) is 56.6 Å². The summed E-state index contributed by atoms with van der Waals surface area (Å²) in [5.74, 6) is -13.1. The van der Waals surface area contributed by atoms with E-state index in [1.54, 1.807) is 107 Å². The highest BCUT2D eigenvalue weighted by Crippen LogP contribution is 2.52. The predicted molar refractivity (Wildman–Crippen MR) is 429 cm³/mol. The number of carbonyl (C=O) groups excluding carboxylic acids is 3. The molecule has 5 fully saturated rings. The van der Waals surface area contributed by atoms with Crippen LogP contribution in [0, 0.1) is 31.6 Å². The number of nitrogens with one attached hydrogen (secondary N) is 3. The second-order valence-corrected chi connectivity index (χ2v) is 36.9. The Morgan fingerprint density at radius 1 is 0.508 bits per heavy atom. The summed E-state index contributed by atoms with van der Waals surface area (Å²) in [6, 6.07) is 19.9. The predicted octanol–water partition coefficient (Wildman–Crippen LogP) is 13.6. The smallest absolute Gasteiger partial charge is 0.260 e. The number of ether oxygens (including phenoxy) is 2. The number of fused-ring (bicyclic) bond motifs is 3. The van der Waals surface area contributed by atoms with E-state index in [4.69, 9.17) is 31.0 Å². The summed E-state index contributed by atoms with van der Waals surface area (Å²) in [6.45, 7) is 6.84. The highest BCUT2D eigenvalue weighted by molar-refractivity contribution is 7.91. The molecule has 0 bridgehead atoms. The van der Waals surface area contributed by atoms with E-state index >= 15 is 0 Å². The number of ketones is 2. The van der Waals surface area contributed by atoms with Crippen molar-refractivity contribution in [2.75, 3.05) is 47.9 Å². The summed E-state index contributed by atoms with van der Waals surface area (Å²) in [5, 5.41) is 9.87. The third-order valence-electron chi connectivity index (χ3n) is 20.7. The molecule has 5 atom stereocenters. The number of hydrogen-bond acceptors (Lipinski definition) is 23. The molecule has 3 saturated carbocycles. The molecule has 118 heavy (non-hydrogen) atoms. The number of primary amides is 1. The van der Waals surface area contributed by atoms with Gasteiger partial charge in [-0.05, 0) is 108 Å². The number of aromatic nitrogens is 13. The molecule has 2 saturated heterocycles. The lowest BCUT2D eigenvalue weighted by molar-refractivity contribution is -0.122. The van der Waals surface area contributed by atoms with Crippen LogP contribution in [0.15, 0.2) is 130 Å². The molecule has 11 heterocycles. The van der Waals surface area contributed by atoms with Crippen LogP contribution in [0.25, 0.3) is 56.1 Å². The van der Waals surface area contributed by atoms with Crippen molar-refractivity contribution in [3.63, 3.8) is 0 Å². The average Bonchev–Trinajstić information content (AvgIpc) is 1.59. The van der Waals surface area contributed by atoms with Gasteiger partial charge in [-0.15, -0.1) is 0 Å². The Morgan fingerprint density at radius 3 is 1.23 bits per heavy atom. The third-order valence-corrected chi connectivity index (χ3v) is 24.3. The first-order chi connectivity index (χ1) is 55.5. The molecule has 5 N–H and O–H groups in total. The Hall–Kier alpha value is -10.8. The van der Waals surface area contributed by atoms with Gasteiger partial charge in [0.25, 0.3) is 17.8 Å². The van der Waals surface area contributed by atoms with Gasteiger partial charge in [0.15, 0.2) is 40.8 Å². The standard InChI is InChI=1S/C28H30F2N6O4S.C24H23F2N5O3S.C23H25ClN6O3S.C4H5F2NO/c1-16-32-26-21(34-20-8-7-17(10-24(20)41(3,38)39)22-14-35(2)15-31-22)11-18(12-23(37)19-13-28(19,29)30)33-27(26)36(16)25-6-4-5-9-40-25;1-13-6-18-23(28-13)19(8-15(29-18)9-21(32)16-10-24(16,25)26)30-17-5-4-14(7-22(17)35(3,33)34)20-11-31(2)12-27-20;1-14-26-22-17(11-20(24)28-23(22)30(14)21-6-4-5-9-33-21)27-16-8-7-15(10-19(16)34(3,31)32)18-12-29(2)13-25-18;5-4(6)1-2(4)3(7)8/h7-8,10-11,14-15,19,25H,4-6,9,12-13H2,1-3H3,(H,33,34);4-5,7-8,11-12,16H,6,9-10H2,1-3H3,(H,29,30);7-8,10-13,21H,4-6,9H2,1-3H3,(H,27,28);2H,1H2,(H2,7,8). The lowest BCUT2D eigenvalue weighted by Gasteiger charge is -2.25. The quantitative estimate of drug-likeness (QED) is 0.0383. The van der Waals surface area contributed by atoms with Crippen LogP contribution in [0.1, 0.15) is 106 Å². The van der Waals surface area contributed by atoms with Crippen LogP contribution >= 0.6 is 11.6 Å². The molecule has 8 aromatic heterocycles. The maximum absolute atomic E-state index is 13.6. The number of imidazole rings is 5. The normalized spacial score (nSPS) is 19.5. The van der Waals surface area contributed by atoms with Crippen LogP contribution in [0.3, 0.4) is 0 Å². The largest absolute Gasteiger partial charge is 0.369 e. The number of anilines is 6. The molecule has 39 heteroatoms. The number of alkyl halides is 6. The number of carbonyl (C=O) groups is 3. The monoisotopic (exact) mass is 1700 g/mol. The third kappa shape index (κ3) is 18.5. The number of pyridine rings is 3. The fourth-order valence-electron chi connectivity index (χ4n) is 14.4. The molecule has 3 aromatic carbocycles. The molecule has 6 aliphatic rings. The summed E-state index contributed by atoms with van der Waals surface area (Å²) in [6.07, 6.45) is 17.7. The van der Waals surface area contributed by atoms with Crippen molar-refractivity contribution in [3.05, 3.63) is 144 Å². The van der Waals surface area contributed by atoms with E-state index in [0.717, 1.165) is 62.6 Å². The van der Waals surface area contributed by atoms with E-state index in [-0.39, 0.29) is 57.3 Å². The number of hydrogen-bond donors (Lipinski definition) is 4. The zero-order valence-electron chi connectivity index (χ0n) is 65.4. The van der Waals surface area contributed by atoms with Crippen LogP contribution < -0.4 is 21.7 Å². The van der Waals surface area contributed by atoms with Crippen molar-refractivity contribution in [2.45, 2.75) is 143 Å².